The summed E-state index contributed by atoms with van der Waals surface area (Å²) in [5.74, 6) is -4.18. The van der Waals surface area contributed by atoms with E-state index in [2.05, 4.69) is 0 Å². The van der Waals surface area contributed by atoms with E-state index in [1.54, 1.807) is 0 Å². The average molecular weight is 384 g/mol. The largest absolute Gasteiger partial charge is 0.507 e. The molecule has 2 aromatic rings. The van der Waals surface area contributed by atoms with E-state index < -0.39 is 70.3 Å². The fourth-order valence-corrected chi connectivity index (χ4v) is 4.06. The lowest BCUT2D eigenvalue weighted by atomic mass is 9.72. The van der Waals surface area contributed by atoms with Crippen LogP contribution in [0.15, 0.2) is 18.2 Å². The van der Waals surface area contributed by atoms with Gasteiger partial charge in [-0.3, -0.25) is 14.4 Å². The number of benzene rings is 2. The minimum atomic E-state index is -1.98. The lowest BCUT2D eigenvalue weighted by Gasteiger charge is -2.36. The smallest absolute Gasteiger partial charge is 0.202 e. The highest BCUT2D eigenvalue weighted by atomic mass is 16.3. The molecule has 2 aliphatic carbocycles. The number of aliphatic hydroxyl groups excluding tert-OH is 1. The molecule has 28 heavy (non-hydrogen) atoms. The molecule has 2 atom stereocenters. The molecule has 144 valence electrons. The number of aliphatic hydroxyl groups is 2. The lowest BCUT2D eigenvalue weighted by Crippen LogP contribution is -2.44. The number of Topliss-reactive ketones (excluding diaryl/α,β-unsaturated/α-hetero) is 1. The number of ketones is 3. The summed E-state index contributed by atoms with van der Waals surface area (Å²) in [6.45, 7) is 1.13. The van der Waals surface area contributed by atoms with Crippen molar-refractivity contribution in [3.63, 3.8) is 0 Å². The number of phenols is 3. The predicted molar refractivity (Wildman–Crippen MR) is 93.7 cm³/mol. The van der Waals surface area contributed by atoms with Gasteiger partial charge >= 0.3 is 0 Å². The number of aromatic hydroxyl groups is 3. The second-order valence-corrected chi connectivity index (χ2v) is 7.18. The fraction of sp³-hybridized carbons (Fsp3) is 0.250. The molecular formula is C20H16O8. The van der Waals surface area contributed by atoms with Crippen LogP contribution in [0.25, 0.3) is 0 Å². The first kappa shape index (κ1) is 18.1. The van der Waals surface area contributed by atoms with Crippen LogP contribution in [0.5, 0.6) is 17.2 Å². The zero-order valence-electron chi connectivity index (χ0n) is 14.7. The predicted octanol–water partition coefficient (Wildman–Crippen LogP) is 0.878. The third-order valence-electron chi connectivity index (χ3n) is 5.55. The second kappa shape index (κ2) is 5.63. The van der Waals surface area contributed by atoms with Crippen LogP contribution in [-0.2, 0) is 11.2 Å². The quantitative estimate of drug-likeness (QED) is 0.388. The highest BCUT2D eigenvalue weighted by Gasteiger charge is 2.47. The van der Waals surface area contributed by atoms with E-state index in [9.17, 15) is 39.9 Å². The van der Waals surface area contributed by atoms with Gasteiger partial charge < -0.3 is 25.5 Å². The van der Waals surface area contributed by atoms with E-state index in [4.69, 9.17) is 0 Å². The number of phenolic OH excluding ortho intramolecular Hbond substituents is 3. The summed E-state index contributed by atoms with van der Waals surface area (Å²) in [6, 6.07) is 3.87. The van der Waals surface area contributed by atoms with E-state index in [1.807, 2.05) is 0 Å². The third kappa shape index (κ3) is 2.15. The molecule has 8 heteroatoms. The van der Waals surface area contributed by atoms with Crippen molar-refractivity contribution in [2.75, 3.05) is 0 Å². The summed E-state index contributed by atoms with van der Waals surface area (Å²) in [6.07, 6.45) is -2.43. The highest BCUT2D eigenvalue weighted by molar-refractivity contribution is 6.31. The van der Waals surface area contributed by atoms with E-state index in [0.717, 1.165) is 6.92 Å². The Labute approximate surface area is 158 Å². The van der Waals surface area contributed by atoms with Crippen LogP contribution in [-0.4, -0.2) is 48.5 Å². The van der Waals surface area contributed by atoms with Crippen LogP contribution in [0.1, 0.15) is 62.4 Å². The molecule has 0 aliphatic heterocycles. The van der Waals surface area contributed by atoms with E-state index in [-0.39, 0.29) is 22.3 Å². The van der Waals surface area contributed by atoms with Crippen molar-refractivity contribution in [2.45, 2.75) is 31.5 Å². The molecule has 4 rings (SSSR count). The Morgan fingerprint density at radius 3 is 2.32 bits per heavy atom. The van der Waals surface area contributed by atoms with Gasteiger partial charge in [-0.2, -0.15) is 0 Å². The summed E-state index contributed by atoms with van der Waals surface area (Å²) in [7, 11) is 0. The van der Waals surface area contributed by atoms with Gasteiger partial charge in [-0.1, -0.05) is 12.1 Å². The summed E-state index contributed by atoms with van der Waals surface area (Å²) >= 11 is 0. The van der Waals surface area contributed by atoms with Crippen LogP contribution in [0.3, 0.4) is 0 Å². The Bertz CT molecular complexity index is 1100. The van der Waals surface area contributed by atoms with Gasteiger partial charge in [0.1, 0.15) is 22.8 Å². The van der Waals surface area contributed by atoms with Gasteiger partial charge in [0.05, 0.1) is 22.8 Å². The van der Waals surface area contributed by atoms with Crippen LogP contribution in [0.4, 0.5) is 0 Å². The maximum atomic E-state index is 12.9. The molecule has 0 radical (unpaired) electrons. The van der Waals surface area contributed by atoms with Crippen LogP contribution < -0.4 is 0 Å². The van der Waals surface area contributed by atoms with Gasteiger partial charge in [0.25, 0.3) is 0 Å². The van der Waals surface area contributed by atoms with Crippen molar-refractivity contribution in [3.05, 3.63) is 51.6 Å². The first-order valence-corrected chi connectivity index (χ1v) is 8.52. The highest BCUT2D eigenvalue weighted by Crippen LogP contribution is 2.50. The van der Waals surface area contributed by atoms with Crippen LogP contribution >= 0.6 is 0 Å². The van der Waals surface area contributed by atoms with Gasteiger partial charge in [-0.15, -0.1) is 0 Å². The molecule has 0 heterocycles. The molecule has 0 amide bonds. The van der Waals surface area contributed by atoms with Crippen molar-refractivity contribution in [2.24, 2.45) is 0 Å². The Hall–Kier alpha value is -3.23. The SMILES string of the molecule is CC(=O)[C@@]1(O)Cc2c(O)c3c(c(O)c2[C@H](O)C1)C(=O)c1c(O)cccc1C3=O. The minimum Gasteiger partial charge on any atom is -0.507 e. The summed E-state index contributed by atoms with van der Waals surface area (Å²) in [5.41, 5.74) is -3.84. The van der Waals surface area contributed by atoms with Crippen molar-refractivity contribution in [3.8, 4) is 17.2 Å². The van der Waals surface area contributed by atoms with E-state index in [1.165, 1.54) is 18.2 Å². The van der Waals surface area contributed by atoms with Gasteiger partial charge in [0, 0.05) is 29.5 Å². The second-order valence-electron chi connectivity index (χ2n) is 7.18. The molecule has 5 N–H and O–H groups in total. The van der Waals surface area contributed by atoms with Crippen molar-refractivity contribution in [1.29, 1.82) is 0 Å². The fourth-order valence-electron chi connectivity index (χ4n) is 4.06. The van der Waals surface area contributed by atoms with Crippen LogP contribution in [0, 0.1) is 0 Å². The number of hydrogen-bond donors (Lipinski definition) is 5. The number of carbonyl (C=O) groups excluding carboxylic acids is 3. The Morgan fingerprint density at radius 2 is 1.68 bits per heavy atom. The topological polar surface area (TPSA) is 152 Å². The Morgan fingerprint density at radius 1 is 1.04 bits per heavy atom. The Balaban J connectivity index is 2.05. The summed E-state index contributed by atoms with van der Waals surface area (Å²) in [5, 5.41) is 52.4. The molecule has 0 saturated heterocycles. The minimum absolute atomic E-state index is 0.148. The van der Waals surface area contributed by atoms with Gasteiger partial charge in [-0.25, -0.2) is 0 Å². The van der Waals surface area contributed by atoms with Gasteiger partial charge in [0.2, 0.25) is 5.78 Å². The maximum Gasteiger partial charge on any atom is 0.202 e. The molecule has 0 spiro atoms. The molecule has 0 bridgehead atoms. The molecule has 0 aromatic heterocycles. The van der Waals surface area contributed by atoms with Crippen molar-refractivity contribution >= 4 is 17.3 Å². The van der Waals surface area contributed by atoms with Gasteiger partial charge in [0.15, 0.2) is 11.6 Å². The molecule has 0 saturated carbocycles. The van der Waals surface area contributed by atoms with Crippen LogP contribution in [0.2, 0.25) is 0 Å². The summed E-state index contributed by atoms with van der Waals surface area (Å²) < 4.78 is 0. The van der Waals surface area contributed by atoms with E-state index >= 15 is 0 Å². The third-order valence-corrected chi connectivity index (χ3v) is 5.55. The molecule has 2 aromatic carbocycles. The standard InChI is InChI=1S/C20H16O8/c1-7(21)20(28)5-9-13(11(23)6-20)19(27)15-14(17(9)25)16(24)8-3-2-4-10(22)12(8)18(15)26/h2-4,11,22-23,25,27-28H,5-6H2,1H3/t11-,20-/m1/s1. The zero-order valence-corrected chi connectivity index (χ0v) is 14.7. The maximum absolute atomic E-state index is 12.9. The van der Waals surface area contributed by atoms with Crippen molar-refractivity contribution in [1.82, 2.24) is 0 Å². The van der Waals surface area contributed by atoms with Crippen molar-refractivity contribution < 1.29 is 39.9 Å². The molecule has 2 aliphatic rings. The zero-order chi connectivity index (χ0) is 20.5. The number of rotatable bonds is 1. The summed E-state index contributed by atoms with van der Waals surface area (Å²) in [4.78, 5) is 37.6. The normalized spacial score (nSPS) is 23.0. The number of fused-ring (bicyclic) bond motifs is 3. The molecule has 0 unspecified atom stereocenters. The molecule has 8 nitrogen and oxygen atoms in total. The van der Waals surface area contributed by atoms with Gasteiger partial charge in [-0.05, 0) is 13.0 Å². The molecule has 0 fully saturated rings. The first-order valence-electron chi connectivity index (χ1n) is 8.52. The monoisotopic (exact) mass is 384 g/mol. The average Bonchev–Trinajstić information content (AvgIpc) is 2.61. The first-order chi connectivity index (χ1) is 13.1. The number of hydrogen-bond acceptors (Lipinski definition) is 8. The lowest BCUT2D eigenvalue weighted by molar-refractivity contribution is -0.139. The van der Waals surface area contributed by atoms with E-state index in [0.29, 0.717) is 0 Å². The number of carbonyl (C=O) groups is 3. The molecular weight excluding hydrogens is 368 g/mol. The Kier molecular flexibility index (Phi) is 3.65.